The van der Waals surface area contributed by atoms with Gasteiger partial charge in [-0.3, -0.25) is 14.5 Å². The number of carbonyl (C=O) groups is 2. The molecular formula is C18H21N3O4S. The summed E-state index contributed by atoms with van der Waals surface area (Å²) < 4.78 is 27.8. The number of nitrogens with one attached hydrogen (secondary N) is 1. The summed E-state index contributed by atoms with van der Waals surface area (Å²) in [7, 11) is 1.49. The minimum absolute atomic E-state index is 0.0260. The van der Waals surface area contributed by atoms with Crippen molar-refractivity contribution < 1.29 is 18.0 Å². The highest BCUT2D eigenvalue weighted by Gasteiger charge is 2.31. The van der Waals surface area contributed by atoms with Crippen LogP contribution >= 0.6 is 0 Å². The quantitative estimate of drug-likeness (QED) is 0.607. The van der Waals surface area contributed by atoms with Crippen LogP contribution in [0.15, 0.2) is 35.2 Å². The molecule has 0 unspecified atom stereocenters. The van der Waals surface area contributed by atoms with Gasteiger partial charge < -0.3 is 4.90 Å². The van der Waals surface area contributed by atoms with Gasteiger partial charge in [-0.25, -0.2) is 13.1 Å². The van der Waals surface area contributed by atoms with Crippen LogP contribution in [-0.2, 0) is 10.0 Å². The summed E-state index contributed by atoms with van der Waals surface area (Å²) in [5, 5.41) is 1.07. The molecule has 1 N–H and O–H groups in total. The Balaban J connectivity index is 2.02. The lowest BCUT2D eigenvalue weighted by Crippen LogP contribution is -2.37. The van der Waals surface area contributed by atoms with Gasteiger partial charge in [-0.05, 0) is 50.6 Å². The molecule has 2 aromatic rings. The molecular weight excluding hydrogens is 354 g/mol. The Morgan fingerprint density at radius 1 is 1.08 bits per heavy atom. The number of imide groups is 1. The normalized spacial score (nSPS) is 14.5. The van der Waals surface area contributed by atoms with Crippen molar-refractivity contribution in [2.45, 2.75) is 11.3 Å². The van der Waals surface area contributed by atoms with E-state index in [0.29, 0.717) is 29.3 Å². The van der Waals surface area contributed by atoms with E-state index < -0.39 is 15.9 Å². The molecule has 1 heterocycles. The first-order valence-electron chi connectivity index (χ1n) is 8.26. The zero-order chi connectivity index (χ0) is 19.1. The molecule has 0 saturated heterocycles. The molecule has 2 aromatic carbocycles. The van der Waals surface area contributed by atoms with Crippen molar-refractivity contribution in [3.05, 3.63) is 41.5 Å². The Morgan fingerprint density at radius 3 is 2.46 bits per heavy atom. The Morgan fingerprint density at radius 2 is 1.77 bits per heavy atom. The highest BCUT2D eigenvalue weighted by molar-refractivity contribution is 7.89. The molecule has 0 atom stereocenters. The third-order valence-electron chi connectivity index (χ3n) is 4.40. The molecule has 138 valence electrons. The molecule has 0 bridgehead atoms. The van der Waals surface area contributed by atoms with Crippen molar-refractivity contribution in [1.29, 1.82) is 0 Å². The van der Waals surface area contributed by atoms with Crippen LogP contribution in [-0.4, -0.2) is 64.3 Å². The van der Waals surface area contributed by atoms with E-state index in [-0.39, 0.29) is 16.4 Å². The number of benzene rings is 2. The van der Waals surface area contributed by atoms with Gasteiger partial charge in [-0.15, -0.1) is 0 Å². The monoisotopic (exact) mass is 375 g/mol. The SMILES string of the molecule is CN(C)CCCNS(=O)(=O)c1cc2c3c(cccc3c1)C(=O)N(C)C2=O. The Hall–Kier alpha value is -2.29. The van der Waals surface area contributed by atoms with Gasteiger partial charge in [0.2, 0.25) is 10.0 Å². The van der Waals surface area contributed by atoms with E-state index in [0.717, 1.165) is 11.4 Å². The fraction of sp³-hybridized carbons (Fsp3) is 0.333. The highest BCUT2D eigenvalue weighted by atomic mass is 32.2. The number of hydrogen-bond donors (Lipinski definition) is 1. The maximum absolute atomic E-state index is 12.6. The van der Waals surface area contributed by atoms with E-state index >= 15 is 0 Å². The summed E-state index contributed by atoms with van der Waals surface area (Å²) in [6, 6.07) is 7.89. The zero-order valence-corrected chi connectivity index (χ0v) is 15.8. The van der Waals surface area contributed by atoms with Gasteiger partial charge in [0, 0.05) is 30.1 Å². The first kappa shape index (κ1) is 18.5. The van der Waals surface area contributed by atoms with Crippen LogP contribution in [0.5, 0.6) is 0 Å². The van der Waals surface area contributed by atoms with Crippen LogP contribution in [0, 0.1) is 0 Å². The van der Waals surface area contributed by atoms with Gasteiger partial charge >= 0.3 is 0 Å². The predicted octanol–water partition coefficient (Wildman–Crippen LogP) is 1.30. The minimum Gasteiger partial charge on any atom is -0.309 e. The molecule has 0 saturated carbocycles. The van der Waals surface area contributed by atoms with E-state index in [2.05, 4.69) is 4.72 Å². The number of carbonyl (C=O) groups excluding carboxylic acids is 2. The predicted molar refractivity (Wildman–Crippen MR) is 98.7 cm³/mol. The third kappa shape index (κ3) is 3.23. The third-order valence-corrected chi connectivity index (χ3v) is 5.85. The minimum atomic E-state index is -3.75. The lowest BCUT2D eigenvalue weighted by molar-refractivity contribution is 0.0650. The largest absolute Gasteiger partial charge is 0.309 e. The van der Waals surface area contributed by atoms with Gasteiger partial charge in [-0.1, -0.05) is 12.1 Å². The van der Waals surface area contributed by atoms with Crippen LogP contribution in [0.2, 0.25) is 0 Å². The van der Waals surface area contributed by atoms with Crippen molar-refractivity contribution in [3.63, 3.8) is 0 Å². The molecule has 3 rings (SSSR count). The second kappa shape index (κ2) is 6.79. The van der Waals surface area contributed by atoms with E-state index in [1.54, 1.807) is 18.2 Å². The first-order valence-corrected chi connectivity index (χ1v) is 9.74. The number of rotatable bonds is 6. The summed E-state index contributed by atoms with van der Waals surface area (Å²) in [5.74, 6) is -0.881. The Labute approximate surface area is 152 Å². The second-order valence-electron chi connectivity index (χ2n) is 6.60. The van der Waals surface area contributed by atoms with Crippen molar-refractivity contribution >= 4 is 32.6 Å². The van der Waals surface area contributed by atoms with Crippen LogP contribution < -0.4 is 4.72 Å². The van der Waals surface area contributed by atoms with Gasteiger partial charge in [-0.2, -0.15) is 0 Å². The molecule has 2 amide bonds. The maximum Gasteiger partial charge on any atom is 0.261 e. The van der Waals surface area contributed by atoms with E-state index in [4.69, 9.17) is 0 Å². The Bertz CT molecular complexity index is 999. The molecule has 0 fully saturated rings. The van der Waals surface area contributed by atoms with Crippen molar-refractivity contribution in [3.8, 4) is 0 Å². The molecule has 7 nitrogen and oxygen atoms in total. The number of hydrogen-bond acceptors (Lipinski definition) is 5. The topological polar surface area (TPSA) is 86.8 Å². The molecule has 1 aliphatic rings. The van der Waals surface area contributed by atoms with Crippen molar-refractivity contribution in [1.82, 2.24) is 14.5 Å². The maximum atomic E-state index is 12.6. The summed E-state index contributed by atoms with van der Waals surface area (Å²) >= 11 is 0. The number of sulfonamides is 1. The fourth-order valence-corrected chi connectivity index (χ4v) is 4.18. The lowest BCUT2D eigenvalue weighted by atomic mass is 9.94. The Kier molecular flexibility index (Phi) is 4.83. The van der Waals surface area contributed by atoms with Crippen LogP contribution in [0.3, 0.4) is 0 Å². The molecule has 1 aliphatic heterocycles. The first-order chi connectivity index (χ1) is 12.2. The molecule has 0 aromatic heterocycles. The van der Waals surface area contributed by atoms with Crippen molar-refractivity contribution in [2.24, 2.45) is 0 Å². The van der Waals surface area contributed by atoms with Gasteiger partial charge in [0.25, 0.3) is 11.8 Å². The standard InChI is InChI=1S/C18H21N3O4S/c1-20(2)9-5-8-19-26(24,25)13-10-12-6-4-7-14-16(12)15(11-13)18(23)21(3)17(14)22/h4,6-7,10-11,19H,5,8-9H2,1-3H3. The smallest absolute Gasteiger partial charge is 0.261 e. The number of amides is 2. The van der Waals surface area contributed by atoms with Gasteiger partial charge in [0.15, 0.2) is 0 Å². The summed E-state index contributed by atoms with van der Waals surface area (Å²) in [4.78, 5) is 27.8. The summed E-state index contributed by atoms with van der Waals surface area (Å²) in [6.07, 6.45) is 0.674. The molecule has 0 radical (unpaired) electrons. The lowest BCUT2D eigenvalue weighted by Gasteiger charge is -2.24. The highest BCUT2D eigenvalue weighted by Crippen LogP contribution is 2.31. The molecule has 0 aliphatic carbocycles. The van der Waals surface area contributed by atoms with E-state index in [1.807, 2.05) is 19.0 Å². The summed E-state index contributed by atoms with van der Waals surface area (Å²) in [5.41, 5.74) is 0.636. The molecule has 0 spiro atoms. The fourth-order valence-electron chi connectivity index (χ4n) is 3.04. The van der Waals surface area contributed by atoms with E-state index in [1.165, 1.54) is 19.2 Å². The van der Waals surface area contributed by atoms with Gasteiger partial charge in [0.1, 0.15) is 0 Å². The zero-order valence-electron chi connectivity index (χ0n) is 14.9. The molecule has 26 heavy (non-hydrogen) atoms. The number of nitrogens with zero attached hydrogens (tertiary/aromatic N) is 2. The van der Waals surface area contributed by atoms with E-state index in [9.17, 15) is 18.0 Å². The average Bonchev–Trinajstić information content (AvgIpc) is 2.60. The van der Waals surface area contributed by atoms with Crippen molar-refractivity contribution in [2.75, 3.05) is 34.2 Å². The average molecular weight is 375 g/mol. The molecule has 8 heteroatoms. The van der Waals surface area contributed by atoms with Crippen LogP contribution in [0.25, 0.3) is 10.8 Å². The van der Waals surface area contributed by atoms with Gasteiger partial charge in [0.05, 0.1) is 4.90 Å². The van der Waals surface area contributed by atoms with Crippen LogP contribution in [0.4, 0.5) is 0 Å². The second-order valence-corrected chi connectivity index (χ2v) is 8.37. The summed E-state index contributed by atoms with van der Waals surface area (Å²) in [6.45, 7) is 1.07. The van der Waals surface area contributed by atoms with Crippen LogP contribution in [0.1, 0.15) is 27.1 Å².